The van der Waals surface area contributed by atoms with Crippen LogP contribution in [0.5, 0.6) is 5.75 Å². The molecular formula is C19H23F3N4O. The van der Waals surface area contributed by atoms with Crippen molar-refractivity contribution in [3.8, 4) is 5.75 Å². The standard InChI is InChI=1S/C19H23F3N4O/c1-11(23)13-4-6-14(7-5-13)27-15-8-9-26-16(10-12-2-3-12)24-25-18(26)17(15)19(20,21)22/h8-9,12-14,23H,2-7,10H2,1H3. The van der Waals surface area contributed by atoms with Crippen molar-refractivity contribution in [1.29, 1.82) is 5.41 Å². The van der Waals surface area contributed by atoms with Gasteiger partial charge in [0.05, 0.1) is 6.10 Å². The summed E-state index contributed by atoms with van der Waals surface area (Å²) in [5, 5.41) is 15.6. The minimum Gasteiger partial charge on any atom is -0.490 e. The third kappa shape index (κ3) is 3.80. The molecule has 2 aromatic heterocycles. The van der Waals surface area contributed by atoms with Crippen LogP contribution in [0.3, 0.4) is 0 Å². The van der Waals surface area contributed by atoms with Gasteiger partial charge in [-0.05, 0) is 63.4 Å². The van der Waals surface area contributed by atoms with Crippen molar-refractivity contribution < 1.29 is 17.9 Å². The molecule has 5 nitrogen and oxygen atoms in total. The smallest absolute Gasteiger partial charge is 0.423 e. The quantitative estimate of drug-likeness (QED) is 0.766. The Morgan fingerprint density at radius 1 is 1.19 bits per heavy atom. The average Bonchev–Trinajstić information content (AvgIpc) is 3.33. The first kappa shape index (κ1) is 18.3. The summed E-state index contributed by atoms with van der Waals surface area (Å²) in [6.07, 6.45) is 2.48. The van der Waals surface area contributed by atoms with Gasteiger partial charge in [-0.25, -0.2) is 0 Å². The van der Waals surface area contributed by atoms with E-state index < -0.39 is 11.7 Å². The molecule has 2 aliphatic carbocycles. The number of alkyl halides is 3. The highest BCUT2D eigenvalue weighted by Gasteiger charge is 2.40. The van der Waals surface area contributed by atoms with E-state index in [-0.39, 0.29) is 23.4 Å². The molecule has 0 saturated heterocycles. The van der Waals surface area contributed by atoms with Crippen molar-refractivity contribution >= 4 is 11.4 Å². The van der Waals surface area contributed by atoms with Crippen molar-refractivity contribution in [1.82, 2.24) is 14.6 Å². The van der Waals surface area contributed by atoms with Crippen LogP contribution in [0.25, 0.3) is 5.65 Å². The maximum atomic E-state index is 13.8. The molecule has 0 atom stereocenters. The molecule has 0 unspecified atom stereocenters. The summed E-state index contributed by atoms with van der Waals surface area (Å²) in [4.78, 5) is 0. The average molecular weight is 380 g/mol. The molecule has 2 heterocycles. The van der Waals surface area contributed by atoms with Crippen LogP contribution in [-0.2, 0) is 12.6 Å². The van der Waals surface area contributed by atoms with Crippen molar-refractivity contribution in [2.24, 2.45) is 11.8 Å². The maximum Gasteiger partial charge on any atom is 0.423 e. The highest BCUT2D eigenvalue weighted by atomic mass is 19.4. The number of ether oxygens (including phenoxy) is 1. The van der Waals surface area contributed by atoms with E-state index in [4.69, 9.17) is 10.1 Å². The summed E-state index contributed by atoms with van der Waals surface area (Å²) in [6.45, 7) is 1.78. The van der Waals surface area contributed by atoms with Crippen molar-refractivity contribution in [2.45, 2.75) is 64.1 Å². The van der Waals surface area contributed by atoms with Gasteiger partial charge in [0.2, 0.25) is 0 Å². The first-order valence-electron chi connectivity index (χ1n) is 9.48. The van der Waals surface area contributed by atoms with Crippen LogP contribution in [0.2, 0.25) is 0 Å². The SMILES string of the molecule is CC(=N)C1CCC(Oc2ccn3c(CC4CC4)nnc3c2C(F)(F)F)CC1. The van der Waals surface area contributed by atoms with E-state index in [0.717, 1.165) is 25.7 Å². The van der Waals surface area contributed by atoms with E-state index in [1.54, 1.807) is 13.1 Å². The van der Waals surface area contributed by atoms with Gasteiger partial charge < -0.3 is 10.1 Å². The Kier molecular flexibility index (Phi) is 4.60. The van der Waals surface area contributed by atoms with Crippen molar-refractivity contribution in [3.63, 3.8) is 0 Å². The number of hydrogen-bond acceptors (Lipinski definition) is 4. The van der Waals surface area contributed by atoms with Crippen LogP contribution in [-0.4, -0.2) is 26.4 Å². The fourth-order valence-corrected chi connectivity index (χ4v) is 3.86. The second-order valence-corrected chi connectivity index (χ2v) is 7.78. The molecule has 2 aliphatic rings. The lowest BCUT2D eigenvalue weighted by Crippen LogP contribution is -2.27. The number of hydrogen-bond donors (Lipinski definition) is 1. The first-order valence-corrected chi connectivity index (χ1v) is 9.48. The molecule has 27 heavy (non-hydrogen) atoms. The first-order chi connectivity index (χ1) is 12.8. The number of nitrogens with one attached hydrogen (secondary N) is 1. The molecular weight excluding hydrogens is 357 g/mol. The van der Waals surface area contributed by atoms with Crippen molar-refractivity contribution in [2.75, 3.05) is 0 Å². The Hall–Kier alpha value is -2.12. The fraction of sp³-hybridized carbons (Fsp3) is 0.632. The molecule has 0 aromatic carbocycles. The van der Waals surface area contributed by atoms with E-state index in [1.807, 2.05) is 0 Å². The molecule has 146 valence electrons. The van der Waals surface area contributed by atoms with Crippen LogP contribution >= 0.6 is 0 Å². The second-order valence-electron chi connectivity index (χ2n) is 7.78. The van der Waals surface area contributed by atoms with Gasteiger partial charge in [0.25, 0.3) is 0 Å². The Labute approximate surface area is 155 Å². The van der Waals surface area contributed by atoms with Crippen LogP contribution in [0, 0.1) is 17.2 Å². The Bertz CT molecular complexity index is 848. The van der Waals surface area contributed by atoms with E-state index in [9.17, 15) is 13.2 Å². The Morgan fingerprint density at radius 2 is 1.89 bits per heavy atom. The van der Waals surface area contributed by atoms with E-state index >= 15 is 0 Å². The molecule has 1 N–H and O–H groups in total. The second kappa shape index (κ2) is 6.80. The predicted octanol–water partition coefficient (Wildman–Crippen LogP) is 4.68. The largest absolute Gasteiger partial charge is 0.490 e. The number of nitrogens with zero attached hydrogens (tertiary/aromatic N) is 3. The number of rotatable bonds is 5. The van der Waals surface area contributed by atoms with Gasteiger partial charge in [-0.3, -0.25) is 4.40 Å². The molecule has 2 fully saturated rings. The molecule has 0 radical (unpaired) electrons. The van der Waals surface area contributed by atoms with Crippen molar-refractivity contribution in [3.05, 3.63) is 23.7 Å². The Balaban J connectivity index is 1.61. The lowest BCUT2D eigenvalue weighted by molar-refractivity contribution is -0.138. The molecule has 2 aromatic rings. The van der Waals surface area contributed by atoms with Crippen LogP contribution < -0.4 is 4.74 Å². The molecule has 0 aliphatic heterocycles. The predicted molar refractivity (Wildman–Crippen MR) is 94.2 cm³/mol. The normalized spacial score (nSPS) is 23.6. The third-order valence-electron chi connectivity index (χ3n) is 5.64. The van der Waals surface area contributed by atoms with Crippen LogP contribution in [0.15, 0.2) is 12.3 Å². The summed E-state index contributed by atoms with van der Waals surface area (Å²) in [5.74, 6) is 1.13. The number of halogens is 3. The van der Waals surface area contributed by atoms with Gasteiger partial charge in [0.15, 0.2) is 5.65 Å². The topological polar surface area (TPSA) is 63.3 Å². The van der Waals surface area contributed by atoms with Gasteiger partial charge in [-0.15, -0.1) is 10.2 Å². The zero-order chi connectivity index (χ0) is 19.2. The molecule has 2 saturated carbocycles. The summed E-state index contributed by atoms with van der Waals surface area (Å²) >= 11 is 0. The van der Waals surface area contributed by atoms with Gasteiger partial charge >= 0.3 is 6.18 Å². The third-order valence-corrected chi connectivity index (χ3v) is 5.64. The summed E-state index contributed by atoms with van der Waals surface area (Å²) in [6, 6.07) is 1.39. The van der Waals surface area contributed by atoms with E-state index in [0.29, 0.717) is 36.7 Å². The highest BCUT2D eigenvalue weighted by molar-refractivity contribution is 5.81. The summed E-state index contributed by atoms with van der Waals surface area (Å²) < 4.78 is 48.6. The fourth-order valence-electron chi connectivity index (χ4n) is 3.86. The lowest BCUT2D eigenvalue weighted by atomic mass is 9.85. The minimum atomic E-state index is -4.57. The monoisotopic (exact) mass is 380 g/mol. The summed E-state index contributed by atoms with van der Waals surface area (Å²) in [7, 11) is 0. The van der Waals surface area contributed by atoms with E-state index in [2.05, 4.69) is 10.2 Å². The molecule has 0 amide bonds. The molecule has 0 bridgehead atoms. The minimum absolute atomic E-state index is 0.171. The van der Waals surface area contributed by atoms with Gasteiger partial charge in [-0.2, -0.15) is 13.2 Å². The number of pyridine rings is 1. The van der Waals surface area contributed by atoms with Gasteiger partial charge in [0.1, 0.15) is 17.1 Å². The zero-order valence-corrected chi connectivity index (χ0v) is 15.2. The van der Waals surface area contributed by atoms with E-state index in [1.165, 1.54) is 10.5 Å². The van der Waals surface area contributed by atoms with Crippen LogP contribution in [0.1, 0.15) is 56.8 Å². The number of fused-ring (bicyclic) bond motifs is 1. The number of aromatic nitrogens is 3. The Morgan fingerprint density at radius 3 is 2.48 bits per heavy atom. The molecule has 8 heteroatoms. The maximum absolute atomic E-state index is 13.8. The molecule has 4 rings (SSSR count). The zero-order valence-electron chi connectivity index (χ0n) is 15.2. The van der Waals surface area contributed by atoms with Gasteiger partial charge in [-0.1, -0.05) is 0 Å². The lowest BCUT2D eigenvalue weighted by Gasteiger charge is -2.29. The highest BCUT2D eigenvalue weighted by Crippen LogP contribution is 2.41. The summed E-state index contributed by atoms with van der Waals surface area (Å²) in [5.41, 5.74) is -0.387. The van der Waals surface area contributed by atoms with Crippen LogP contribution in [0.4, 0.5) is 13.2 Å². The molecule has 0 spiro atoms. The van der Waals surface area contributed by atoms with Gasteiger partial charge in [0, 0.05) is 18.3 Å².